The van der Waals surface area contributed by atoms with Crippen molar-refractivity contribution >= 4 is 17.3 Å². The number of aromatic nitrogens is 2. The summed E-state index contributed by atoms with van der Waals surface area (Å²) in [5.41, 5.74) is 1.81. The summed E-state index contributed by atoms with van der Waals surface area (Å²) < 4.78 is 1.79. The first-order chi connectivity index (χ1) is 11.6. The molecule has 0 bridgehead atoms. The number of amides is 1. The van der Waals surface area contributed by atoms with E-state index in [1.165, 1.54) is 18.2 Å². The van der Waals surface area contributed by atoms with Gasteiger partial charge in [0, 0.05) is 35.8 Å². The maximum Gasteiger partial charge on any atom is 0.271 e. The molecule has 2 aromatic carbocycles. The van der Waals surface area contributed by atoms with Gasteiger partial charge in [0.2, 0.25) is 0 Å². The minimum atomic E-state index is -0.500. The van der Waals surface area contributed by atoms with E-state index in [2.05, 4.69) is 10.4 Å². The minimum Gasteiger partial charge on any atom is -0.322 e. The standard InChI is InChI=1S/C17H14N4O3/c22-17(19-15-3-1-4-16(11-15)21(23)24)14-7-5-13(6-8-14)12-20-10-2-9-18-20/h1-11H,12H2,(H,19,22). The summed E-state index contributed by atoms with van der Waals surface area (Å²) in [5.74, 6) is -0.318. The largest absolute Gasteiger partial charge is 0.322 e. The number of carbonyl (C=O) groups is 1. The fourth-order valence-corrected chi connectivity index (χ4v) is 2.24. The van der Waals surface area contributed by atoms with Crippen LogP contribution in [0.5, 0.6) is 0 Å². The Bertz CT molecular complexity index is 858. The van der Waals surface area contributed by atoms with Crippen LogP contribution in [0.2, 0.25) is 0 Å². The average Bonchev–Trinajstić information content (AvgIpc) is 3.08. The lowest BCUT2D eigenvalue weighted by Gasteiger charge is -2.06. The summed E-state index contributed by atoms with van der Waals surface area (Å²) in [4.78, 5) is 22.5. The van der Waals surface area contributed by atoms with Gasteiger partial charge in [-0.2, -0.15) is 5.10 Å². The van der Waals surface area contributed by atoms with Crippen molar-refractivity contribution in [2.24, 2.45) is 0 Å². The van der Waals surface area contributed by atoms with Gasteiger partial charge in [-0.15, -0.1) is 0 Å². The number of nitro benzene ring substituents is 1. The molecule has 1 amide bonds. The molecular weight excluding hydrogens is 308 g/mol. The molecule has 3 aromatic rings. The van der Waals surface area contributed by atoms with E-state index >= 15 is 0 Å². The molecule has 3 rings (SSSR count). The maximum atomic E-state index is 12.2. The van der Waals surface area contributed by atoms with E-state index in [4.69, 9.17) is 0 Å². The second-order valence-corrected chi connectivity index (χ2v) is 5.16. The molecule has 0 radical (unpaired) electrons. The van der Waals surface area contributed by atoms with Crippen molar-refractivity contribution in [3.8, 4) is 0 Å². The Kier molecular flexibility index (Phi) is 4.33. The number of anilines is 1. The van der Waals surface area contributed by atoms with Crippen LogP contribution in [0, 0.1) is 10.1 Å². The zero-order valence-corrected chi connectivity index (χ0v) is 12.6. The Morgan fingerprint density at radius 1 is 1.17 bits per heavy atom. The van der Waals surface area contributed by atoms with E-state index in [9.17, 15) is 14.9 Å². The minimum absolute atomic E-state index is 0.0672. The first kappa shape index (κ1) is 15.4. The monoisotopic (exact) mass is 322 g/mol. The third kappa shape index (κ3) is 3.64. The topological polar surface area (TPSA) is 90.1 Å². The van der Waals surface area contributed by atoms with Gasteiger partial charge >= 0.3 is 0 Å². The van der Waals surface area contributed by atoms with E-state index < -0.39 is 4.92 Å². The average molecular weight is 322 g/mol. The van der Waals surface area contributed by atoms with Gasteiger partial charge in [0.1, 0.15) is 0 Å². The molecule has 1 N–H and O–H groups in total. The Balaban J connectivity index is 1.69. The summed E-state index contributed by atoms with van der Waals surface area (Å²) in [5, 5.41) is 17.5. The fourth-order valence-electron chi connectivity index (χ4n) is 2.24. The van der Waals surface area contributed by atoms with Crippen LogP contribution in [-0.4, -0.2) is 20.6 Å². The number of non-ortho nitro benzene ring substituents is 1. The molecule has 0 aliphatic rings. The molecule has 0 spiro atoms. The zero-order valence-electron chi connectivity index (χ0n) is 12.6. The van der Waals surface area contributed by atoms with Gasteiger partial charge in [0.05, 0.1) is 11.5 Å². The normalized spacial score (nSPS) is 10.3. The number of carbonyl (C=O) groups excluding carboxylic acids is 1. The van der Waals surface area contributed by atoms with Crippen molar-refractivity contribution in [1.29, 1.82) is 0 Å². The first-order valence-electron chi connectivity index (χ1n) is 7.24. The third-order valence-electron chi connectivity index (χ3n) is 3.43. The first-order valence-corrected chi connectivity index (χ1v) is 7.24. The summed E-state index contributed by atoms with van der Waals surface area (Å²) in [6.45, 7) is 0.625. The summed E-state index contributed by atoms with van der Waals surface area (Å²) >= 11 is 0. The van der Waals surface area contributed by atoms with Crippen LogP contribution in [0.15, 0.2) is 67.0 Å². The van der Waals surface area contributed by atoms with Crippen LogP contribution in [0.25, 0.3) is 0 Å². The third-order valence-corrected chi connectivity index (χ3v) is 3.43. The number of benzene rings is 2. The molecule has 0 unspecified atom stereocenters. The van der Waals surface area contributed by atoms with Gasteiger partial charge < -0.3 is 5.32 Å². The molecule has 0 saturated carbocycles. The van der Waals surface area contributed by atoms with Crippen LogP contribution in [0.1, 0.15) is 15.9 Å². The Morgan fingerprint density at radius 3 is 2.62 bits per heavy atom. The molecule has 0 saturated heterocycles. The molecule has 0 fully saturated rings. The number of rotatable bonds is 5. The van der Waals surface area contributed by atoms with E-state index in [0.29, 0.717) is 17.8 Å². The predicted molar refractivity (Wildman–Crippen MR) is 88.8 cm³/mol. The van der Waals surface area contributed by atoms with Gasteiger partial charge in [-0.3, -0.25) is 19.6 Å². The van der Waals surface area contributed by atoms with Crippen molar-refractivity contribution < 1.29 is 9.72 Å². The summed E-state index contributed by atoms with van der Waals surface area (Å²) in [6, 6.07) is 14.8. The van der Waals surface area contributed by atoms with Crippen LogP contribution >= 0.6 is 0 Å². The highest BCUT2D eigenvalue weighted by Gasteiger charge is 2.10. The number of nitrogens with zero attached hydrogens (tertiary/aromatic N) is 3. The Morgan fingerprint density at radius 2 is 1.96 bits per heavy atom. The Labute approximate surface area is 137 Å². The number of hydrogen-bond acceptors (Lipinski definition) is 4. The molecule has 120 valence electrons. The highest BCUT2D eigenvalue weighted by molar-refractivity contribution is 6.04. The van der Waals surface area contributed by atoms with Gasteiger partial charge in [0.25, 0.3) is 11.6 Å². The van der Waals surface area contributed by atoms with E-state index in [1.54, 1.807) is 29.1 Å². The number of nitro groups is 1. The van der Waals surface area contributed by atoms with Crippen molar-refractivity contribution in [1.82, 2.24) is 9.78 Å². The number of nitrogens with one attached hydrogen (secondary N) is 1. The van der Waals surface area contributed by atoms with Crippen LogP contribution < -0.4 is 5.32 Å². The van der Waals surface area contributed by atoms with Crippen molar-refractivity contribution in [3.63, 3.8) is 0 Å². The lowest BCUT2D eigenvalue weighted by molar-refractivity contribution is -0.384. The van der Waals surface area contributed by atoms with E-state index in [0.717, 1.165) is 5.56 Å². The quantitative estimate of drug-likeness (QED) is 0.577. The zero-order chi connectivity index (χ0) is 16.9. The van der Waals surface area contributed by atoms with Gasteiger partial charge in [-0.05, 0) is 29.8 Å². The molecular formula is C17H14N4O3. The second-order valence-electron chi connectivity index (χ2n) is 5.16. The maximum absolute atomic E-state index is 12.2. The smallest absolute Gasteiger partial charge is 0.271 e. The molecule has 0 aliphatic carbocycles. The molecule has 7 nitrogen and oxygen atoms in total. The molecule has 0 atom stereocenters. The van der Waals surface area contributed by atoms with E-state index in [1.807, 2.05) is 24.4 Å². The number of hydrogen-bond donors (Lipinski definition) is 1. The van der Waals surface area contributed by atoms with Crippen LogP contribution in [0.3, 0.4) is 0 Å². The molecule has 24 heavy (non-hydrogen) atoms. The highest BCUT2D eigenvalue weighted by Crippen LogP contribution is 2.18. The molecule has 7 heteroatoms. The SMILES string of the molecule is O=C(Nc1cccc([N+](=O)[O-])c1)c1ccc(Cn2cccn2)cc1. The molecule has 0 aliphatic heterocycles. The fraction of sp³-hybridized carbons (Fsp3) is 0.0588. The lowest BCUT2D eigenvalue weighted by Crippen LogP contribution is -2.12. The van der Waals surface area contributed by atoms with Gasteiger partial charge in [0.15, 0.2) is 0 Å². The lowest BCUT2D eigenvalue weighted by atomic mass is 10.1. The van der Waals surface area contributed by atoms with Gasteiger partial charge in [-0.1, -0.05) is 18.2 Å². The van der Waals surface area contributed by atoms with E-state index in [-0.39, 0.29) is 11.6 Å². The van der Waals surface area contributed by atoms with Crippen molar-refractivity contribution in [3.05, 3.63) is 88.2 Å². The summed E-state index contributed by atoms with van der Waals surface area (Å²) in [7, 11) is 0. The van der Waals surface area contributed by atoms with Gasteiger partial charge in [-0.25, -0.2) is 0 Å². The van der Waals surface area contributed by atoms with Crippen LogP contribution in [-0.2, 0) is 6.54 Å². The molecule has 1 heterocycles. The summed E-state index contributed by atoms with van der Waals surface area (Å²) in [6.07, 6.45) is 3.57. The van der Waals surface area contributed by atoms with Crippen LogP contribution in [0.4, 0.5) is 11.4 Å². The van der Waals surface area contributed by atoms with Crippen molar-refractivity contribution in [2.75, 3.05) is 5.32 Å². The predicted octanol–water partition coefficient (Wildman–Crippen LogP) is 3.09. The van der Waals surface area contributed by atoms with Crippen molar-refractivity contribution in [2.45, 2.75) is 6.54 Å². The second kappa shape index (κ2) is 6.74. The highest BCUT2D eigenvalue weighted by atomic mass is 16.6. The molecule has 1 aromatic heterocycles. The Hall–Kier alpha value is -3.48.